The third-order valence-corrected chi connectivity index (χ3v) is 11.6. The van der Waals surface area contributed by atoms with E-state index in [0.717, 1.165) is 25.7 Å². The molecule has 322 valence electrons. The lowest BCUT2D eigenvalue weighted by Crippen LogP contribution is -2.45. The maximum atomic E-state index is 12.5. The molecule has 54 heavy (non-hydrogen) atoms. The Kier molecular flexibility index (Phi) is 44.0. The van der Waals surface area contributed by atoms with Crippen LogP contribution in [0.5, 0.6) is 0 Å². The molecule has 0 aliphatic heterocycles. The monoisotopic (exact) mass is 764 g/mol. The summed E-state index contributed by atoms with van der Waals surface area (Å²) in [5.74, 6) is -0.311. The molecule has 0 aliphatic rings. The minimum Gasteiger partial charge on any atom is -0.394 e. The Labute approximate surface area is 338 Å². The number of rotatable bonds is 45. The molecule has 0 aromatic heterocycles. The van der Waals surface area contributed by atoms with Gasteiger partial charge in [0.15, 0.2) is 0 Å². The standard InChI is InChI=1S/C49H97NO4/c1-3-5-7-9-11-13-15-17-19-20-21-22-23-24-25-26-27-29-31-33-35-37-39-41-43-48(53)47(45-51)50-49(54)44-46(52)42-40-38-36-34-32-30-28-18-16-14-12-10-8-6-4-2/h41,43,46-48,51-53H,3-40,42,44-45H2,1-2H3,(H,50,54)/b43-41+. The number of hydrogen-bond donors (Lipinski definition) is 4. The average Bonchev–Trinajstić information content (AvgIpc) is 3.16. The fourth-order valence-electron chi connectivity index (χ4n) is 7.81. The van der Waals surface area contributed by atoms with Crippen LogP contribution < -0.4 is 5.32 Å². The van der Waals surface area contributed by atoms with E-state index < -0.39 is 18.2 Å². The van der Waals surface area contributed by atoms with Gasteiger partial charge in [0, 0.05) is 0 Å². The lowest BCUT2D eigenvalue weighted by atomic mass is 10.0. The lowest BCUT2D eigenvalue weighted by molar-refractivity contribution is -0.124. The van der Waals surface area contributed by atoms with E-state index in [2.05, 4.69) is 19.2 Å². The Morgan fingerprint density at radius 1 is 0.463 bits per heavy atom. The zero-order chi connectivity index (χ0) is 39.4. The molecule has 0 fully saturated rings. The number of allylic oxidation sites excluding steroid dienone is 1. The normalized spacial score (nSPS) is 13.5. The van der Waals surface area contributed by atoms with Crippen molar-refractivity contribution in [2.24, 2.45) is 0 Å². The minimum atomic E-state index is -0.925. The van der Waals surface area contributed by atoms with Gasteiger partial charge < -0.3 is 20.6 Å². The second-order valence-corrected chi connectivity index (χ2v) is 17.1. The van der Waals surface area contributed by atoms with E-state index in [0.29, 0.717) is 6.42 Å². The molecule has 0 saturated heterocycles. The van der Waals surface area contributed by atoms with Crippen molar-refractivity contribution in [3.63, 3.8) is 0 Å². The van der Waals surface area contributed by atoms with Crippen molar-refractivity contribution < 1.29 is 20.1 Å². The SMILES string of the molecule is CCCCCCCCCCCCCCCCCCCCCCCC/C=C/C(O)C(CO)NC(=O)CC(O)CCCCCCCCCCCCCCCCC. The molecule has 0 heterocycles. The Morgan fingerprint density at radius 2 is 0.759 bits per heavy atom. The van der Waals surface area contributed by atoms with Crippen molar-refractivity contribution in [3.8, 4) is 0 Å². The van der Waals surface area contributed by atoms with Crippen LogP contribution in [0.25, 0.3) is 0 Å². The molecule has 5 nitrogen and oxygen atoms in total. The van der Waals surface area contributed by atoms with Gasteiger partial charge in [-0.15, -0.1) is 0 Å². The molecule has 0 spiro atoms. The molecule has 4 N–H and O–H groups in total. The molecule has 0 aromatic carbocycles. The summed E-state index contributed by atoms with van der Waals surface area (Å²) in [4.78, 5) is 12.5. The number of hydrogen-bond acceptors (Lipinski definition) is 4. The van der Waals surface area contributed by atoms with Gasteiger partial charge in [-0.25, -0.2) is 0 Å². The molecule has 0 saturated carbocycles. The maximum Gasteiger partial charge on any atom is 0.222 e. The summed E-state index contributed by atoms with van der Waals surface area (Å²) in [6.45, 7) is 4.24. The molecular weight excluding hydrogens is 667 g/mol. The lowest BCUT2D eigenvalue weighted by Gasteiger charge is -2.21. The smallest absolute Gasteiger partial charge is 0.222 e. The summed E-state index contributed by atoms with van der Waals surface area (Å²) < 4.78 is 0. The van der Waals surface area contributed by atoms with Gasteiger partial charge in [0.1, 0.15) is 0 Å². The Hall–Kier alpha value is -0.910. The van der Waals surface area contributed by atoms with Gasteiger partial charge >= 0.3 is 0 Å². The van der Waals surface area contributed by atoms with Crippen LogP contribution in [0.3, 0.4) is 0 Å². The predicted octanol–water partition coefficient (Wildman–Crippen LogP) is 14.4. The van der Waals surface area contributed by atoms with Gasteiger partial charge in [-0.1, -0.05) is 257 Å². The number of amides is 1. The van der Waals surface area contributed by atoms with E-state index in [1.807, 2.05) is 6.08 Å². The minimum absolute atomic E-state index is 0.0189. The molecule has 0 aliphatic carbocycles. The Bertz CT molecular complexity index is 758. The number of carbonyl (C=O) groups is 1. The first kappa shape index (κ1) is 53.1. The highest BCUT2D eigenvalue weighted by Gasteiger charge is 2.20. The zero-order valence-electron chi connectivity index (χ0n) is 36.6. The summed E-state index contributed by atoms with van der Waals surface area (Å²) in [5, 5.41) is 33.3. The van der Waals surface area contributed by atoms with Crippen LogP contribution in [0, 0.1) is 0 Å². The number of aliphatic hydroxyl groups is 3. The maximum absolute atomic E-state index is 12.5. The molecule has 1 amide bonds. The second kappa shape index (κ2) is 44.8. The van der Waals surface area contributed by atoms with E-state index in [1.54, 1.807) is 6.08 Å². The van der Waals surface area contributed by atoms with E-state index in [4.69, 9.17) is 0 Å². The van der Waals surface area contributed by atoms with Gasteiger partial charge in [0.25, 0.3) is 0 Å². The number of nitrogens with one attached hydrogen (secondary N) is 1. The summed E-state index contributed by atoms with van der Waals surface area (Å²) in [7, 11) is 0. The third kappa shape index (κ3) is 40.7. The van der Waals surface area contributed by atoms with Crippen LogP contribution in [0.4, 0.5) is 0 Å². The van der Waals surface area contributed by atoms with Gasteiger partial charge in [-0.05, 0) is 19.3 Å². The van der Waals surface area contributed by atoms with Crippen molar-refractivity contribution in [2.75, 3.05) is 6.61 Å². The van der Waals surface area contributed by atoms with Crippen LogP contribution in [0.2, 0.25) is 0 Å². The third-order valence-electron chi connectivity index (χ3n) is 11.6. The van der Waals surface area contributed by atoms with Crippen molar-refractivity contribution in [1.29, 1.82) is 0 Å². The Morgan fingerprint density at radius 3 is 1.07 bits per heavy atom. The fourth-order valence-corrected chi connectivity index (χ4v) is 7.81. The largest absolute Gasteiger partial charge is 0.394 e. The van der Waals surface area contributed by atoms with Crippen molar-refractivity contribution in [2.45, 2.75) is 289 Å². The molecule has 3 unspecified atom stereocenters. The van der Waals surface area contributed by atoms with Gasteiger partial charge in [0.2, 0.25) is 5.91 Å². The zero-order valence-corrected chi connectivity index (χ0v) is 36.6. The van der Waals surface area contributed by atoms with Crippen LogP contribution in [0.1, 0.15) is 271 Å². The highest BCUT2D eigenvalue weighted by Crippen LogP contribution is 2.17. The topological polar surface area (TPSA) is 89.8 Å². The van der Waals surface area contributed by atoms with Crippen molar-refractivity contribution >= 4 is 5.91 Å². The summed E-state index contributed by atoms with van der Waals surface area (Å²) in [6, 6.07) is -0.740. The van der Waals surface area contributed by atoms with Crippen LogP contribution in [0.15, 0.2) is 12.2 Å². The number of unbranched alkanes of at least 4 members (excludes halogenated alkanes) is 36. The number of carbonyl (C=O) groups excluding carboxylic acids is 1. The first-order chi connectivity index (χ1) is 26.5. The van der Waals surface area contributed by atoms with E-state index >= 15 is 0 Å². The van der Waals surface area contributed by atoms with Crippen LogP contribution >= 0.6 is 0 Å². The molecule has 3 atom stereocenters. The van der Waals surface area contributed by atoms with Crippen molar-refractivity contribution in [3.05, 3.63) is 12.2 Å². The molecule has 0 aromatic rings. The first-order valence-corrected chi connectivity index (χ1v) is 24.5. The summed E-state index contributed by atoms with van der Waals surface area (Å²) in [5.41, 5.74) is 0. The van der Waals surface area contributed by atoms with Crippen LogP contribution in [-0.4, -0.2) is 46.1 Å². The van der Waals surface area contributed by atoms with E-state index in [9.17, 15) is 20.1 Å². The quantitative estimate of drug-likeness (QED) is 0.0367. The van der Waals surface area contributed by atoms with Gasteiger partial charge in [0.05, 0.1) is 31.3 Å². The highest BCUT2D eigenvalue weighted by molar-refractivity contribution is 5.76. The summed E-state index contributed by atoms with van der Waals surface area (Å²) in [6.07, 6.45) is 53.7. The first-order valence-electron chi connectivity index (χ1n) is 24.5. The van der Waals surface area contributed by atoms with Gasteiger partial charge in [-0.2, -0.15) is 0 Å². The second-order valence-electron chi connectivity index (χ2n) is 17.1. The number of aliphatic hydroxyl groups excluding tert-OH is 3. The molecule has 5 heteroatoms. The summed E-state index contributed by atoms with van der Waals surface area (Å²) >= 11 is 0. The average molecular weight is 764 g/mol. The fraction of sp³-hybridized carbons (Fsp3) is 0.939. The molecule has 0 rings (SSSR count). The van der Waals surface area contributed by atoms with E-state index in [1.165, 1.54) is 218 Å². The Balaban J connectivity index is 3.58. The van der Waals surface area contributed by atoms with Crippen LogP contribution in [-0.2, 0) is 4.79 Å². The highest BCUT2D eigenvalue weighted by atomic mass is 16.3. The molecule has 0 bridgehead atoms. The van der Waals surface area contributed by atoms with Crippen molar-refractivity contribution in [1.82, 2.24) is 5.32 Å². The predicted molar refractivity (Wildman–Crippen MR) is 236 cm³/mol. The molecule has 0 radical (unpaired) electrons. The van der Waals surface area contributed by atoms with Gasteiger partial charge in [-0.3, -0.25) is 4.79 Å². The molecular formula is C49H97NO4. The van der Waals surface area contributed by atoms with E-state index in [-0.39, 0.29) is 18.9 Å².